The lowest BCUT2D eigenvalue weighted by atomic mass is 9.96. The maximum atomic E-state index is 14.7. The van der Waals surface area contributed by atoms with Crippen molar-refractivity contribution in [2.75, 3.05) is 0 Å². The van der Waals surface area contributed by atoms with Crippen LogP contribution in [0.4, 0.5) is 8.78 Å². The molecule has 0 atom stereocenters. The third-order valence-corrected chi connectivity index (χ3v) is 5.83. The van der Waals surface area contributed by atoms with Crippen molar-refractivity contribution in [2.45, 2.75) is 33.2 Å². The second kappa shape index (κ2) is 9.96. The summed E-state index contributed by atoms with van der Waals surface area (Å²) in [5.41, 5.74) is 4.79. The van der Waals surface area contributed by atoms with Crippen LogP contribution in [0.2, 0.25) is 0 Å². The van der Waals surface area contributed by atoms with Crippen molar-refractivity contribution in [3.63, 3.8) is 0 Å². The Hall–Kier alpha value is -3.86. The van der Waals surface area contributed by atoms with Crippen LogP contribution in [0, 0.1) is 11.6 Å². The predicted octanol–water partition coefficient (Wildman–Crippen LogP) is 7.69. The van der Waals surface area contributed by atoms with E-state index in [0.29, 0.717) is 29.8 Å². The zero-order valence-electron chi connectivity index (χ0n) is 19.3. The number of hydrogen-bond acceptors (Lipinski definition) is 2. The topological polar surface area (TPSA) is 34.9 Å². The minimum atomic E-state index is -0.643. The Morgan fingerprint density at radius 3 is 2.68 bits per heavy atom. The van der Waals surface area contributed by atoms with Crippen LogP contribution in [0.3, 0.4) is 0 Å². The van der Waals surface area contributed by atoms with E-state index >= 15 is 0 Å². The van der Waals surface area contributed by atoms with Crippen LogP contribution in [-0.4, -0.2) is 15.3 Å². The second-order valence-corrected chi connectivity index (χ2v) is 8.14. The fourth-order valence-electron chi connectivity index (χ4n) is 4.35. The molecule has 0 radical (unpaired) electrons. The summed E-state index contributed by atoms with van der Waals surface area (Å²) >= 11 is 0. The summed E-state index contributed by atoms with van der Waals surface area (Å²) in [5.74, 6) is -1.32. The number of ketones is 1. The van der Waals surface area contributed by atoms with Gasteiger partial charge in [-0.3, -0.25) is 9.78 Å². The zero-order chi connectivity index (χ0) is 24.2. The molecule has 2 aromatic heterocycles. The van der Waals surface area contributed by atoms with E-state index in [9.17, 15) is 13.6 Å². The van der Waals surface area contributed by atoms with E-state index in [1.54, 1.807) is 12.3 Å². The number of allylic oxidation sites excluding steroid dienone is 1. The molecule has 0 saturated heterocycles. The van der Waals surface area contributed by atoms with Crippen molar-refractivity contribution in [3.8, 4) is 11.1 Å². The van der Waals surface area contributed by atoms with E-state index in [0.717, 1.165) is 33.7 Å². The smallest absolute Gasteiger partial charge is 0.179 e. The molecule has 0 aliphatic rings. The van der Waals surface area contributed by atoms with Gasteiger partial charge in [-0.05, 0) is 49.2 Å². The molecule has 4 aromatic rings. The van der Waals surface area contributed by atoms with Crippen molar-refractivity contribution in [3.05, 3.63) is 102 Å². The van der Waals surface area contributed by atoms with Crippen molar-refractivity contribution in [2.24, 2.45) is 0 Å². The highest BCUT2D eigenvalue weighted by Crippen LogP contribution is 2.39. The molecule has 0 aliphatic carbocycles. The summed E-state index contributed by atoms with van der Waals surface area (Å²) in [4.78, 5) is 18.0. The van der Waals surface area contributed by atoms with Gasteiger partial charge in [0.1, 0.15) is 11.6 Å². The molecule has 3 nitrogen and oxygen atoms in total. The molecule has 5 heteroatoms. The van der Waals surface area contributed by atoms with Gasteiger partial charge in [0.25, 0.3) is 0 Å². The Balaban J connectivity index is 2.10. The molecule has 0 unspecified atom stereocenters. The molecule has 0 spiro atoms. The molecular weight excluding hydrogens is 430 g/mol. The lowest BCUT2D eigenvalue weighted by Gasteiger charge is -2.13. The first-order valence-electron chi connectivity index (χ1n) is 11.3. The number of nitrogens with zero attached hydrogens (tertiary/aromatic N) is 2. The molecule has 0 bridgehead atoms. The van der Waals surface area contributed by atoms with Crippen LogP contribution in [-0.2, 0) is 6.54 Å². The third-order valence-electron chi connectivity index (χ3n) is 5.83. The Morgan fingerprint density at radius 2 is 1.97 bits per heavy atom. The first-order chi connectivity index (χ1) is 16.5. The molecule has 34 heavy (non-hydrogen) atoms. The van der Waals surface area contributed by atoms with Gasteiger partial charge in [0.15, 0.2) is 5.78 Å². The first-order valence-corrected chi connectivity index (χ1v) is 11.3. The maximum absolute atomic E-state index is 14.7. The number of Topliss-reactive ketones (excluding diaryl/α,β-unsaturated/α-hetero) is 1. The molecule has 172 valence electrons. The molecule has 0 aliphatic heterocycles. The Kier molecular flexibility index (Phi) is 6.82. The van der Waals surface area contributed by atoms with E-state index in [4.69, 9.17) is 0 Å². The Morgan fingerprint density at radius 1 is 1.15 bits per heavy atom. The van der Waals surface area contributed by atoms with Crippen molar-refractivity contribution in [1.29, 1.82) is 0 Å². The summed E-state index contributed by atoms with van der Waals surface area (Å²) < 4.78 is 30.1. The van der Waals surface area contributed by atoms with Crippen LogP contribution in [0.15, 0.2) is 67.4 Å². The Bertz CT molecular complexity index is 1420. The Labute approximate surface area is 198 Å². The number of fused-ring (bicyclic) bond motifs is 1. The average molecular weight is 457 g/mol. The van der Waals surface area contributed by atoms with Crippen LogP contribution in [0.5, 0.6) is 0 Å². The summed E-state index contributed by atoms with van der Waals surface area (Å²) in [6, 6.07) is 13.2. The van der Waals surface area contributed by atoms with E-state index in [1.807, 2.05) is 60.9 Å². The number of rotatable bonds is 8. The van der Waals surface area contributed by atoms with Crippen molar-refractivity contribution < 1.29 is 13.6 Å². The van der Waals surface area contributed by atoms with Gasteiger partial charge < -0.3 is 4.57 Å². The molecule has 0 saturated carbocycles. The summed E-state index contributed by atoms with van der Waals surface area (Å²) in [6.07, 6.45) is 8.32. The zero-order valence-corrected chi connectivity index (χ0v) is 19.3. The van der Waals surface area contributed by atoms with Gasteiger partial charge in [-0.15, -0.1) is 0 Å². The lowest BCUT2D eigenvalue weighted by molar-refractivity contribution is 0.0974. The second-order valence-electron chi connectivity index (χ2n) is 8.14. The molecule has 0 N–H and O–H groups in total. The summed E-state index contributed by atoms with van der Waals surface area (Å²) in [7, 11) is 0. The number of aromatic nitrogens is 2. The average Bonchev–Trinajstić information content (AvgIpc) is 3.14. The minimum absolute atomic E-state index is 0.0392. The van der Waals surface area contributed by atoms with Crippen LogP contribution in [0.1, 0.15) is 54.0 Å². The van der Waals surface area contributed by atoms with E-state index in [1.165, 1.54) is 12.1 Å². The first kappa shape index (κ1) is 23.3. The molecule has 4 rings (SSSR count). The largest absolute Gasteiger partial charge is 0.333 e. The minimum Gasteiger partial charge on any atom is -0.333 e. The van der Waals surface area contributed by atoms with Crippen LogP contribution in [0.25, 0.3) is 34.2 Å². The van der Waals surface area contributed by atoms with E-state index in [-0.39, 0.29) is 12.3 Å². The highest BCUT2D eigenvalue weighted by molar-refractivity contribution is 6.12. The van der Waals surface area contributed by atoms with Gasteiger partial charge in [0.05, 0.1) is 17.9 Å². The number of benzene rings is 2. The fourth-order valence-corrected chi connectivity index (χ4v) is 4.35. The molecule has 0 amide bonds. The highest BCUT2D eigenvalue weighted by Gasteiger charge is 2.25. The monoisotopic (exact) mass is 456 g/mol. The van der Waals surface area contributed by atoms with Gasteiger partial charge in [-0.25, -0.2) is 8.78 Å². The number of carbonyl (C=O) groups excluding carboxylic acids is 1. The number of carbonyl (C=O) groups is 1. The summed E-state index contributed by atoms with van der Waals surface area (Å²) in [5, 5.41) is 0.869. The van der Waals surface area contributed by atoms with Crippen LogP contribution >= 0.6 is 0 Å². The van der Waals surface area contributed by atoms with Gasteiger partial charge in [-0.1, -0.05) is 43.9 Å². The van der Waals surface area contributed by atoms with Gasteiger partial charge in [0, 0.05) is 46.3 Å². The molecular formula is C29H26F2N2O. The van der Waals surface area contributed by atoms with E-state index < -0.39 is 11.6 Å². The van der Waals surface area contributed by atoms with Gasteiger partial charge in [-0.2, -0.15) is 0 Å². The van der Waals surface area contributed by atoms with Crippen molar-refractivity contribution >= 4 is 28.8 Å². The number of pyridine rings is 1. The standard InChI is InChI=1S/C29H26F2N2O/c1-4-8-19-11-14-26-23(16-19)28(22-10-7-15-32-25(22)6-3)29(27(34)9-5-2)33(26)18-20-12-13-21(30)17-24(20)31/h4,6-8,10-17H,3,5,9,18H2,1-2H3/b8-4-. The van der Waals surface area contributed by atoms with Gasteiger partial charge >= 0.3 is 0 Å². The fraction of sp³-hybridized carbons (Fsp3) is 0.172. The third kappa shape index (κ3) is 4.34. The van der Waals surface area contributed by atoms with Crippen molar-refractivity contribution in [1.82, 2.24) is 9.55 Å². The quantitative estimate of drug-likeness (QED) is 0.255. The molecule has 2 aromatic carbocycles. The van der Waals surface area contributed by atoms with Gasteiger partial charge in [0.2, 0.25) is 0 Å². The normalized spacial score (nSPS) is 11.4. The predicted molar refractivity (Wildman–Crippen MR) is 135 cm³/mol. The van der Waals surface area contributed by atoms with E-state index in [2.05, 4.69) is 11.6 Å². The molecule has 0 fully saturated rings. The number of halogens is 2. The maximum Gasteiger partial charge on any atom is 0.179 e. The summed E-state index contributed by atoms with van der Waals surface area (Å²) in [6.45, 7) is 7.89. The highest BCUT2D eigenvalue weighted by atomic mass is 19.1. The number of hydrogen-bond donors (Lipinski definition) is 0. The van der Waals surface area contributed by atoms with Crippen LogP contribution < -0.4 is 0 Å². The SMILES string of the molecule is C=Cc1ncccc1-c1c(C(=O)CCC)n(Cc2ccc(F)cc2F)c2ccc(/C=C\C)cc12. The molecule has 2 heterocycles. The lowest BCUT2D eigenvalue weighted by Crippen LogP contribution is -2.12.